The summed E-state index contributed by atoms with van der Waals surface area (Å²) in [4.78, 5) is 2.77. The Morgan fingerprint density at radius 1 is 1.00 bits per heavy atom. The van der Waals surface area contributed by atoms with Crippen LogP contribution in [0.3, 0.4) is 0 Å². The lowest BCUT2D eigenvalue weighted by atomic mass is 9.77. The molecule has 3 atom stereocenters. The van der Waals surface area contributed by atoms with E-state index in [2.05, 4.69) is 37.9 Å². The lowest BCUT2D eigenvalue weighted by Crippen LogP contribution is -2.39. The Morgan fingerprint density at radius 2 is 1.80 bits per heavy atom. The SMILES string of the molecule is CCNC1CCCC1CN1CCCC(C(C)(C)C)CC1. The molecule has 0 aromatic carbocycles. The van der Waals surface area contributed by atoms with E-state index in [-0.39, 0.29) is 0 Å². The fraction of sp³-hybridized carbons (Fsp3) is 1.00. The van der Waals surface area contributed by atoms with Crippen molar-refractivity contribution in [3.05, 3.63) is 0 Å². The molecular formula is C18H36N2. The Labute approximate surface area is 126 Å². The Balaban J connectivity index is 1.82. The zero-order chi connectivity index (χ0) is 14.6. The maximum absolute atomic E-state index is 3.71. The third kappa shape index (κ3) is 4.46. The van der Waals surface area contributed by atoms with E-state index in [0.29, 0.717) is 5.41 Å². The van der Waals surface area contributed by atoms with Crippen LogP contribution < -0.4 is 5.32 Å². The number of hydrogen-bond donors (Lipinski definition) is 1. The molecule has 118 valence electrons. The van der Waals surface area contributed by atoms with Crippen molar-refractivity contribution >= 4 is 0 Å². The van der Waals surface area contributed by atoms with E-state index in [1.165, 1.54) is 58.2 Å². The average Bonchev–Trinajstić information content (AvgIpc) is 2.65. The number of nitrogens with one attached hydrogen (secondary N) is 1. The van der Waals surface area contributed by atoms with E-state index in [9.17, 15) is 0 Å². The van der Waals surface area contributed by atoms with Crippen LogP contribution in [0, 0.1) is 17.3 Å². The van der Waals surface area contributed by atoms with E-state index in [1.54, 1.807) is 0 Å². The minimum Gasteiger partial charge on any atom is -0.314 e. The molecule has 1 saturated carbocycles. The van der Waals surface area contributed by atoms with Gasteiger partial charge in [-0.15, -0.1) is 0 Å². The van der Waals surface area contributed by atoms with E-state index < -0.39 is 0 Å². The smallest absolute Gasteiger partial charge is 0.0107 e. The molecule has 0 amide bonds. The number of nitrogens with zero attached hydrogens (tertiary/aromatic N) is 1. The highest BCUT2D eigenvalue weighted by Gasteiger charge is 2.31. The topological polar surface area (TPSA) is 15.3 Å². The summed E-state index contributed by atoms with van der Waals surface area (Å²) in [5.74, 6) is 1.82. The van der Waals surface area contributed by atoms with E-state index in [0.717, 1.165) is 24.4 Å². The van der Waals surface area contributed by atoms with Gasteiger partial charge in [0, 0.05) is 12.6 Å². The molecule has 1 aliphatic carbocycles. The van der Waals surface area contributed by atoms with Crippen LogP contribution >= 0.6 is 0 Å². The first-order valence-corrected chi connectivity index (χ1v) is 8.96. The maximum Gasteiger partial charge on any atom is 0.0107 e. The molecule has 1 aliphatic heterocycles. The molecule has 20 heavy (non-hydrogen) atoms. The Kier molecular flexibility index (Phi) is 5.92. The van der Waals surface area contributed by atoms with Crippen molar-refractivity contribution in [2.45, 2.75) is 72.3 Å². The van der Waals surface area contributed by atoms with E-state index in [1.807, 2.05) is 0 Å². The molecule has 3 unspecified atom stereocenters. The quantitative estimate of drug-likeness (QED) is 0.840. The largest absolute Gasteiger partial charge is 0.314 e. The zero-order valence-electron chi connectivity index (χ0n) is 14.3. The van der Waals surface area contributed by atoms with Gasteiger partial charge in [0.1, 0.15) is 0 Å². The van der Waals surface area contributed by atoms with Gasteiger partial charge in [0.05, 0.1) is 0 Å². The minimum atomic E-state index is 0.496. The lowest BCUT2D eigenvalue weighted by molar-refractivity contribution is 0.193. The molecule has 2 fully saturated rings. The zero-order valence-corrected chi connectivity index (χ0v) is 14.3. The van der Waals surface area contributed by atoms with Crippen molar-refractivity contribution < 1.29 is 0 Å². The highest BCUT2D eigenvalue weighted by atomic mass is 15.1. The van der Waals surface area contributed by atoms with Gasteiger partial charge in [-0.2, -0.15) is 0 Å². The van der Waals surface area contributed by atoms with Crippen LogP contribution in [0.1, 0.15) is 66.2 Å². The van der Waals surface area contributed by atoms with Gasteiger partial charge < -0.3 is 10.2 Å². The van der Waals surface area contributed by atoms with Crippen LogP contribution in [0.4, 0.5) is 0 Å². The molecule has 0 bridgehead atoms. The van der Waals surface area contributed by atoms with Crippen LogP contribution in [-0.4, -0.2) is 37.1 Å². The summed E-state index contributed by atoms with van der Waals surface area (Å²) in [5, 5.41) is 3.71. The van der Waals surface area contributed by atoms with Crippen LogP contribution in [0.2, 0.25) is 0 Å². The molecule has 2 heteroatoms. The van der Waals surface area contributed by atoms with Crippen molar-refractivity contribution in [3.8, 4) is 0 Å². The van der Waals surface area contributed by atoms with Crippen molar-refractivity contribution in [1.82, 2.24) is 10.2 Å². The number of rotatable bonds is 4. The molecular weight excluding hydrogens is 244 g/mol. The minimum absolute atomic E-state index is 0.496. The summed E-state index contributed by atoms with van der Waals surface area (Å²) in [6.45, 7) is 14.7. The Bertz CT molecular complexity index is 282. The summed E-state index contributed by atoms with van der Waals surface area (Å²) in [6.07, 6.45) is 8.51. The molecule has 0 radical (unpaired) electrons. The van der Waals surface area contributed by atoms with Crippen LogP contribution in [-0.2, 0) is 0 Å². The van der Waals surface area contributed by atoms with Gasteiger partial charge in [-0.3, -0.25) is 0 Å². The summed E-state index contributed by atoms with van der Waals surface area (Å²) >= 11 is 0. The molecule has 1 saturated heterocycles. The lowest BCUT2D eigenvalue weighted by Gasteiger charge is -2.30. The second-order valence-corrected chi connectivity index (χ2v) is 8.15. The third-order valence-corrected chi connectivity index (χ3v) is 5.66. The van der Waals surface area contributed by atoms with Gasteiger partial charge in [-0.1, -0.05) is 34.1 Å². The van der Waals surface area contributed by atoms with E-state index >= 15 is 0 Å². The molecule has 0 aromatic heterocycles. The molecule has 1 N–H and O–H groups in total. The van der Waals surface area contributed by atoms with Crippen LogP contribution in [0.15, 0.2) is 0 Å². The predicted octanol–water partition coefficient (Wildman–Crippen LogP) is 3.91. The van der Waals surface area contributed by atoms with Crippen LogP contribution in [0.25, 0.3) is 0 Å². The molecule has 2 rings (SSSR count). The molecule has 2 nitrogen and oxygen atoms in total. The molecule has 1 heterocycles. The summed E-state index contributed by atoms with van der Waals surface area (Å²) in [7, 11) is 0. The standard InChI is InChI=1S/C18H36N2/c1-5-19-17-10-6-8-15(17)14-20-12-7-9-16(11-13-20)18(2,3)4/h15-17,19H,5-14H2,1-4H3. The highest BCUT2D eigenvalue weighted by Crippen LogP contribution is 2.35. The first-order valence-electron chi connectivity index (χ1n) is 8.96. The normalized spacial score (nSPS) is 33.3. The van der Waals surface area contributed by atoms with Gasteiger partial charge >= 0.3 is 0 Å². The van der Waals surface area contributed by atoms with Gasteiger partial charge in [0.15, 0.2) is 0 Å². The fourth-order valence-corrected chi connectivity index (χ4v) is 4.32. The maximum atomic E-state index is 3.71. The van der Waals surface area contributed by atoms with Crippen molar-refractivity contribution in [1.29, 1.82) is 0 Å². The van der Waals surface area contributed by atoms with Crippen molar-refractivity contribution in [2.75, 3.05) is 26.2 Å². The summed E-state index contributed by atoms with van der Waals surface area (Å²) in [5.41, 5.74) is 0.496. The Hall–Kier alpha value is -0.0800. The third-order valence-electron chi connectivity index (χ3n) is 5.66. The Morgan fingerprint density at radius 3 is 2.50 bits per heavy atom. The monoisotopic (exact) mass is 280 g/mol. The number of likely N-dealkylation sites (tertiary alicyclic amines) is 1. The van der Waals surface area contributed by atoms with Crippen molar-refractivity contribution in [2.24, 2.45) is 17.3 Å². The molecule has 2 aliphatic rings. The van der Waals surface area contributed by atoms with Crippen LogP contribution in [0.5, 0.6) is 0 Å². The van der Waals surface area contributed by atoms with Gasteiger partial charge in [0.2, 0.25) is 0 Å². The second-order valence-electron chi connectivity index (χ2n) is 8.15. The summed E-state index contributed by atoms with van der Waals surface area (Å²) in [6, 6.07) is 0.793. The van der Waals surface area contributed by atoms with Crippen molar-refractivity contribution in [3.63, 3.8) is 0 Å². The fourth-order valence-electron chi connectivity index (χ4n) is 4.32. The predicted molar refractivity (Wildman–Crippen MR) is 88.0 cm³/mol. The molecule has 0 spiro atoms. The number of hydrogen-bond acceptors (Lipinski definition) is 2. The van der Waals surface area contributed by atoms with E-state index in [4.69, 9.17) is 0 Å². The van der Waals surface area contributed by atoms with Gasteiger partial charge in [-0.05, 0) is 69.0 Å². The van der Waals surface area contributed by atoms with Gasteiger partial charge in [-0.25, -0.2) is 0 Å². The van der Waals surface area contributed by atoms with Gasteiger partial charge in [0.25, 0.3) is 0 Å². The second kappa shape index (κ2) is 7.26. The highest BCUT2D eigenvalue weighted by molar-refractivity contribution is 4.86. The first-order chi connectivity index (χ1) is 9.50. The first kappa shape index (κ1) is 16.3. The molecule has 0 aromatic rings. The average molecular weight is 280 g/mol. The summed E-state index contributed by atoms with van der Waals surface area (Å²) < 4.78 is 0.